The summed E-state index contributed by atoms with van der Waals surface area (Å²) < 4.78 is 5.02. The Labute approximate surface area is 176 Å². The Balaban J connectivity index is 1.33. The minimum absolute atomic E-state index is 0.202. The first-order valence-electron chi connectivity index (χ1n) is 10.6. The number of aromatic nitrogens is 1. The lowest BCUT2D eigenvalue weighted by Gasteiger charge is -2.40. The molecule has 3 fully saturated rings. The van der Waals surface area contributed by atoms with Crippen LogP contribution in [0.2, 0.25) is 0 Å². The van der Waals surface area contributed by atoms with Crippen molar-refractivity contribution in [2.75, 3.05) is 24.5 Å². The second kappa shape index (κ2) is 8.52. The van der Waals surface area contributed by atoms with Gasteiger partial charge in [-0.05, 0) is 57.1 Å². The molecule has 1 saturated carbocycles. The van der Waals surface area contributed by atoms with Gasteiger partial charge in [-0.3, -0.25) is 4.79 Å². The lowest BCUT2D eigenvalue weighted by Crippen LogP contribution is -2.47. The van der Waals surface area contributed by atoms with Crippen LogP contribution < -0.4 is 15.0 Å². The largest absolute Gasteiger partial charge is 0.424 e. The fourth-order valence-electron chi connectivity index (χ4n) is 5.00. The van der Waals surface area contributed by atoms with Gasteiger partial charge in [-0.25, -0.2) is 15.1 Å². The number of terminal acetylenes is 1. The van der Waals surface area contributed by atoms with Gasteiger partial charge < -0.3 is 19.6 Å². The van der Waals surface area contributed by atoms with Crippen LogP contribution in [0.15, 0.2) is 18.3 Å². The highest BCUT2D eigenvalue weighted by molar-refractivity contribution is 5.85. The van der Waals surface area contributed by atoms with E-state index in [1.54, 1.807) is 6.07 Å². The van der Waals surface area contributed by atoms with Gasteiger partial charge in [-0.2, -0.15) is 0 Å². The highest BCUT2D eigenvalue weighted by Crippen LogP contribution is 2.44. The van der Waals surface area contributed by atoms with E-state index in [2.05, 4.69) is 20.1 Å². The number of aliphatic hydroxyl groups excluding tert-OH is 1. The van der Waals surface area contributed by atoms with Crippen molar-refractivity contribution in [1.29, 1.82) is 0 Å². The molecular weight excluding hydrogens is 384 g/mol. The van der Waals surface area contributed by atoms with Crippen LogP contribution in [0.3, 0.4) is 0 Å². The van der Waals surface area contributed by atoms with E-state index in [4.69, 9.17) is 11.2 Å². The number of hydrogen-bond acceptors (Lipinski definition) is 6. The summed E-state index contributed by atoms with van der Waals surface area (Å²) in [6.07, 6.45) is 11.5. The molecule has 0 radical (unpaired) electrons. The molecule has 4 rings (SSSR count). The highest BCUT2D eigenvalue weighted by Gasteiger charge is 2.50. The number of anilines is 1. The number of piperidine rings is 1. The number of nitrogens with one attached hydrogen (secondary N) is 1. The maximum atomic E-state index is 13.3. The number of nitrogens with zero attached hydrogens (tertiary/aromatic N) is 3. The predicted molar refractivity (Wildman–Crippen MR) is 111 cm³/mol. The number of amides is 2. The fourth-order valence-corrected chi connectivity index (χ4v) is 5.00. The van der Waals surface area contributed by atoms with Gasteiger partial charge in [-0.1, -0.05) is 6.42 Å². The van der Waals surface area contributed by atoms with Gasteiger partial charge in [0.25, 0.3) is 0 Å². The van der Waals surface area contributed by atoms with Gasteiger partial charge in [-0.15, -0.1) is 0 Å². The standard InChI is InChI=1S/C22H28N4O4/c1-2-23-21(29)30-18-7-8-19(24-15-18)25-12-9-22(10-13-25)11-14-26(20(22)28)16-3-5-17(27)6-4-16/h1,7-8,15-17,27H,3-6,9-14H2,(H,23,29). The monoisotopic (exact) mass is 412 g/mol. The second-order valence-corrected chi connectivity index (χ2v) is 8.49. The summed E-state index contributed by atoms with van der Waals surface area (Å²) in [6.45, 7) is 2.38. The molecule has 2 aliphatic heterocycles. The first kappa shape index (κ1) is 20.5. The molecule has 3 aliphatic rings. The third-order valence-corrected chi connectivity index (χ3v) is 6.80. The van der Waals surface area contributed by atoms with Crippen molar-refractivity contribution in [2.24, 2.45) is 5.41 Å². The van der Waals surface area contributed by atoms with E-state index in [1.807, 2.05) is 12.1 Å². The third-order valence-electron chi connectivity index (χ3n) is 6.80. The number of carbonyl (C=O) groups is 2. The maximum Gasteiger partial charge on any atom is 0.424 e. The molecule has 2 N–H and O–H groups in total. The normalized spacial score (nSPS) is 25.8. The Bertz CT molecular complexity index is 819. The van der Waals surface area contributed by atoms with E-state index < -0.39 is 6.09 Å². The van der Waals surface area contributed by atoms with Gasteiger partial charge >= 0.3 is 6.09 Å². The van der Waals surface area contributed by atoms with Gasteiger partial charge in [0.1, 0.15) is 5.82 Å². The van der Waals surface area contributed by atoms with Crippen LogP contribution in [-0.2, 0) is 4.79 Å². The fraction of sp³-hybridized carbons (Fsp3) is 0.591. The van der Waals surface area contributed by atoms with Crippen LogP contribution in [0.5, 0.6) is 5.75 Å². The number of pyridine rings is 1. The molecule has 0 bridgehead atoms. The Morgan fingerprint density at radius 3 is 2.53 bits per heavy atom. The highest BCUT2D eigenvalue weighted by atomic mass is 16.6. The average Bonchev–Trinajstić information content (AvgIpc) is 3.06. The number of likely N-dealkylation sites (tertiary alicyclic amines) is 1. The van der Waals surface area contributed by atoms with Crippen molar-refractivity contribution < 1.29 is 19.4 Å². The predicted octanol–water partition coefficient (Wildman–Crippen LogP) is 1.88. The lowest BCUT2D eigenvalue weighted by molar-refractivity contribution is -0.139. The van der Waals surface area contributed by atoms with Crippen LogP contribution in [0, 0.1) is 17.9 Å². The quantitative estimate of drug-likeness (QED) is 0.582. The number of carbonyl (C=O) groups excluding carboxylic acids is 2. The van der Waals surface area contributed by atoms with Crippen molar-refractivity contribution >= 4 is 17.8 Å². The van der Waals surface area contributed by atoms with Gasteiger partial charge in [0.2, 0.25) is 5.91 Å². The molecule has 1 aliphatic carbocycles. The Hall–Kier alpha value is -2.79. The summed E-state index contributed by atoms with van der Waals surface area (Å²) in [6, 6.07) is 5.80. The smallest absolute Gasteiger partial charge is 0.408 e. The van der Waals surface area contributed by atoms with Crippen molar-refractivity contribution in [3.63, 3.8) is 0 Å². The summed E-state index contributed by atoms with van der Waals surface area (Å²) in [5.74, 6) is 1.43. The molecule has 8 heteroatoms. The van der Waals surface area contributed by atoms with Crippen LogP contribution in [0.1, 0.15) is 44.9 Å². The summed E-state index contributed by atoms with van der Waals surface area (Å²) in [5.41, 5.74) is -0.247. The molecule has 2 saturated heterocycles. The molecule has 30 heavy (non-hydrogen) atoms. The van der Waals surface area contributed by atoms with Crippen molar-refractivity contribution in [3.05, 3.63) is 18.3 Å². The van der Waals surface area contributed by atoms with E-state index in [1.165, 1.54) is 6.20 Å². The molecular formula is C22H28N4O4. The van der Waals surface area contributed by atoms with Crippen LogP contribution in [-0.4, -0.2) is 58.8 Å². The molecule has 1 aromatic rings. The van der Waals surface area contributed by atoms with Gasteiger partial charge in [0.05, 0.1) is 17.7 Å². The summed E-state index contributed by atoms with van der Waals surface area (Å²) in [4.78, 5) is 33.3. The maximum absolute atomic E-state index is 13.3. The van der Waals surface area contributed by atoms with E-state index >= 15 is 0 Å². The molecule has 160 valence electrons. The first-order valence-corrected chi connectivity index (χ1v) is 10.6. The molecule has 1 aromatic heterocycles. The molecule has 0 aromatic carbocycles. The van der Waals surface area contributed by atoms with E-state index in [9.17, 15) is 14.7 Å². The third kappa shape index (κ3) is 4.08. The molecule has 1 spiro atoms. The number of rotatable bonds is 3. The minimum Gasteiger partial charge on any atom is -0.408 e. The number of hydrogen-bond donors (Lipinski definition) is 2. The van der Waals surface area contributed by atoms with E-state index in [-0.39, 0.29) is 11.5 Å². The Kier molecular flexibility index (Phi) is 5.82. The zero-order chi connectivity index (χ0) is 21.1. The van der Waals surface area contributed by atoms with Crippen LogP contribution in [0.25, 0.3) is 0 Å². The Morgan fingerprint density at radius 2 is 1.90 bits per heavy atom. The van der Waals surface area contributed by atoms with Gasteiger partial charge in [0, 0.05) is 31.7 Å². The van der Waals surface area contributed by atoms with Crippen molar-refractivity contribution in [2.45, 2.75) is 57.1 Å². The molecule has 0 atom stereocenters. The summed E-state index contributed by atoms with van der Waals surface area (Å²) >= 11 is 0. The topological polar surface area (TPSA) is 95.0 Å². The van der Waals surface area contributed by atoms with Crippen LogP contribution in [0.4, 0.5) is 10.6 Å². The van der Waals surface area contributed by atoms with Gasteiger partial charge in [0.15, 0.2) is 5.75 Å². The molecule has 2 amide bonds. The first-order chi connectivity index (χ1) is 14.5. The molecule has 3 heterocycles. The summed E-state index contributed by atoms with van der Waals surface area (Å²) in [5, 5.41) is 11.9. The molecule has 8 nitrogen and oxygen atoms in total. The number of ether oxygens (including phenoxy) is 1. The van der Waals surface area contributed by atoms with E-state index in [0.717, 1.165) is 70.4 Å². The molecule has 0 unspecified atom stereocenters. The van der Waals surface area contributed by atoms with E-state index in [0.29, 0.717) is 17.7 Å². The average molecular weight is 412 g/mol. The lowest BCUT2D eigenvalue weighted by atomic mass is 9.77. The zero-order valence-corrected chi connectivity index (χ0v) is 17.0. The SMILES string of the molecule is C#CNC(=O)Oc1ccc(N2CCC3(CC2)CCN(C2CCC(O)CC2)C3=O)nc1. The zero-order valence-electron chi connectivity index (χ0n) is 17.0. The number of aliphatic hydroxyl groups is 1. The van der Waals surface area contributed by atoms with Crippen LogP contribution >= 0.6 is 0 Å². The Morgan fingerprint density at radius 1 is 1.20 bits per heavy atom. The van der Waals surface area contributed by atoms with Crippen molar-refractivity contribution in [3.8, 4) is 18.2 Å². The van der Waals surface area contributed by atoms with Crippen molar-refractivity contribution in [1.82, 2.24) is 15.2 Å². The second-order valence-electron chi connectivity index (χ2n) is 8.49. The summed E-state index contributed by atoms with van der Waals surface area (Å²) in [7, 11) is 0. The minimum atomic E-state index is -0.719.